The van der Waals surface area contributed by atoms with E-state index in [4.69, 9.17) is 4.74 Å². The molecule has 158 valence electrons. The van der Waals surface area contributed by atoms with E-state index in [-0.39, 0.29) is 28.9 Å². The quantitative estimate of drug-likeness (QED) is 0.371. The molecule has 29 heavy (non-hydrogen) atoms. The van der Waals surface area contributed by atoms with Crippen molar-refractivity contribution >= 4 is 18.0 Å². The van der Waals surface area contributed by atoms with Crippen LogP contribution in [0.15, 0.2) is 0 Å². The fraction of sp³-hybridized carbons (Fsp3) is 0.381. The maximum absolute atomic E-state index is 11.6. The number of rotatable bonds is 6. The van der Waals surface area contributed by atoms with E-state index in [9.17, 15) is 14.4 Å². The normalized spacial score (nSPS) is 16.8. The van der Waals surface area contributed by atoms with Crippen LogP contribution >= 0.6 is 0 Å². The molecule has 0 unspecified atom stereocenters. The van der Waals surface area contributed by atoms with Crippen molar-refractivity contribution in [2.24, 2.45) is 0 Å². The van der Waals surface area contributed by atoms with Crippen molar-refractivity contribution in [2.75, 3.05) is 20.2 Å². The van der Waals surface area contributed by atoms with Crippen LogP contribution in [0.25, 0.3) is 0 Å². The Morgan fingerprint density at radius 3 is 1.83 bits per heavy atom. The van der Waals surface area contributed by atoms with Gasteiger partial charge in [-0.15, -0.1) is 0 Å². The third-order valence-electron chi connectivity index (χ3n) is 3.32. The Kier molecular flexibility index (Phi) is 14.0. The topological polar surface area (TPSA) is 93.7 Å². The van der Waals surface area contributed by atoms with Gasteiger partial charge in [0.05, 0.1) is 18.9 Å². The predicted octanol–water partition coefficient (Wildman–Crippen LogP) is 1.98. The van der Waals surface area contributed by atoms with Gasteiger partial charge in [0.25, 0.3) is 0 Å². The number of carbonyl (C=O) groups is 3. The first-order valence-electron chi connectivity index (χ1n) is 8.99. The van der Waals surface area contributed by atoms with Crippen molar-refractivity contribution in [3.05, 3.63) is 63.2 Å². The number of ether oxygens (including phenoxy) is 2. The van der Waals surface area contributed by atoms with Crippen LogP contribution in [-0.2, 0) is 36.1 Å². The van der Waals surface area contributed by atoms with Gasteiger partial charge < -0.3 is 20.1 Å². The minimum absolute atomic E-state index is 0. The standard InChI is InChI=1S/C14H21N2O3.C7H7O2.Fe/c1-14(2,3)19-13(18)16-10-6-9-15-12(17)11-7-4-5-8-11;1-9-7(8)6-4-2-3-5-6;/h4-5,7-8H,6,9-10H2,1-3H3,(H,15,17)(H,16,18);2-5H,1H3;/q;;+2. The fourth-order valence-electron chi connectivity index (χ4n) is 2.05. The van der Waals surface area contributed by atoms with E-state index in [2.05, 4.69) is 15.4 Å². The zero-order valence-corrected chi connectivity index (χ0v) is 18.2. The molecule has 2 rings (SSSR count). The number of alkyl carbamates (subject to hydrolysis) is 1. The number of carbonyl (C=O) groups excluding carboxylic acids is 3. The van der Waals surface area contributed by atoms with E-state index in [1.165, 1.54) is 7.11 Å². The number of esters is 1. The summed E-state index contributed by atoms with van der Waals surface area (Å²) in [5.74, 6) is 0.889. The first-order chi connectivity index (χ1) is 13.2. The summed E-state index contributed by atoms with van der Waals surface area (Å²) in [6.07, 6.45) is 14.4. The third kappa shape index (κ3) is 12.8. The molecule has 2 saturated carbocycles. The van der Waals surface area contributed by atoms with Gasteiger partial charge in [-0.2, -0.15) is 0 Å². The molecular formula is C21H28FeN2O5+2. The van der Waals surface area contributed by atoms with Gasteiger partial charge in [0.15, 0.2) is 0 Å². The predicted molar refractivity (Wildman–Crippen MR) is 105 cm³/mol. The molecule has 0 aliphatic heterocycles. The molecule has 2 amide bonds. The largest absolute Gasteiger partial charge is 2.00 e. The van der Waals surface area contributed by atoms with Gasteiger partial charge >= 0.3 is 29.1 Å². The molecule has 2 fully saturated rings. The molecular weight excluding hydrogens is 416 g/mol. The second-order valence-corrected chi connectivity index (χ2v) is 6.88. The molecule has 10 radical (unpaired) electrons. The van der Waals surface area contributed by atoms with E-state index in [1.54, 1.807) is 38.5 Å². The minimum atomic E-state index is -0.490. The Morgan fingerprint density at radius 2 is 1.34 bits per heavy atom. The second kappa shape index (κ2) is 14.7. The summed E-state index contributed by atoms with van der Waals surface area (Å²) < 4.78 is 9.54. The number of hydrogen-bond donors (Lipinski definition) is 2. The van der Waals surface area contributed by atoms with Gasteiger partial charge in [0, 0.05) is 13.1 Å². The average molecular weight is 444 g/mol. The Balaban J connectivity index is 0.000000658. The van der Waals surface area contributed by atoms with Crippen LogP contribution in [0.2, 0.25) is 0 Å². The van der Waals surface area contributed by atoms with Crippen molar-refractivity contribution < 1.29 is 40.9 Å². The van der Waals surface area contributed by atoms with E-state index < -0.39 is 11.7 Å². The summed E-state index contributed by atoms with van der Waals surface area (Å²) in [7, 11) is 1.37. The molecule has 0 aromatic carbocycles. The van der Waals surface area contributed by atoms with E-state index in [1.807, 2.05) is 33.6 Å². The Morgan fingerprint density at radius 1 is 0.862 bits per heavy atom. The summed E-state index contributed by atoms with van der Waals surface area (Å²) in [4.78, 5) is 33.5. The van der Waals surface area contributed by atoms with Crippen LogP contribution in [0.3, 0.4) is 0 Å². The van der Waals surface area contributed by atoms with Gasteiger partial charge in [-0.3, -0.25) is 9.59 Å². The van der Waals surface area contributed by atoms with Crippen LogP contribution < -0.4 is 10.6 Å². The van der Waals surface area contributed by atoms with Crippen molar-refractivity contribution in [3.63, 3.8) is 0 Å². The Bertz CT molecular complexity index is 496. The van der Waals surface area contributed by atoms with Crippen LogP contribution in [0, 0.1) is 63.2 Å². The molecule has 8 heteroatoms. The van der Waals surface area contributed by atoms with Gasteiger partial charge in [-0.05, 0) is 78.6 Å². The molecule has 2 N–H and O–H groups in total. The second-order valence-electron chi connectivity index (χ2n) is 6.88. The Labute approximate surface area is 185 Å². The van der Waals surface area contributed by atoms with Crippen molar-refractivity contribution in [1.82, 2.24) is 10.6 Å². The van der Waals surface area contributed by atoms with Gasteiger partial charge in [-0.25, -0.2) is 4.79 Å². The third-order valence-corrected chi connectivity index (χ3v) is 3.32. The van der Waals surface area contributed by atoms with Gasteiger partial charge in [0.2, 0.25) is 5.91 Å². The van der Waals surface area contributed by atoms with E-state index >= 15 is 0 Å². The van der Waals surface area contributed by atoms with Crippen LogP contribution in [0.5, 0.6) is 0 Å². The number of hydrogen-bond acceptors (Lipinski definition) is 5. The van der Waals surface area contributed by atoms with Crippen molar-refractivity contribution in [3.8, 4) is 0 Å². The summed E-state index contributed by atoms with van der Waals surface area (Å²) in [6.45, 7) is 6.42. The summed E-state index contributed by atoms with van der Waals surface area (Å²) in [5.41, 5.74) is -0.490. The molecule has 0 spiro atoms. The molecule has 0 heterocycles. The molecule has 0 aromatic rings. The summed E-state index contributed by atoms with van der Waals surface area (Å²) in [6, 6.07) is 0. The fourth-order valence-corrected chi connectivity index (χ4v) is 2.05. The van der Waals surface area contributed by atoms with Crippen LogP contribution in [0.1, 0.15) is 27.2 Å². The smallest absolute Gasteiger partial charge is 0.469 e. The van der Waals surface area contributed by atoms with Crippen LogP contribution in [-0.4, -0.2) is 43.8 Å². The zero-order chi connectivity index (χ0) is 21.0. The van der Waals surface area contributed by atoms with Gasteiger partial charge in [-0.1, -0.05) is 0 Å². The van der Waals surface area contributed by atoms with E-state index in [0.717, 1.165) is 0 Å². The maximum atomic E-state index is 11.6. The first-order valence-corrected chi connectivity index (χ1v) is 8.99. The first kappa shape index (κ1) is 27.7. The molecule has 0 atom stereocenters. The molecule has 0 bridgehead atoms. The maximum Gasteiger partial charge on any atom is 2.00 e. The van der Waals surface area contributed by atoms with Crippen LogP contribution in [0.4, 0.5) is 4.79 Å². The average Bonchev–Trinajstić information content (AvgIpc) is 3.33. The monoisotopic (exact) mass is 444 g/mol. The summed E-state index contributed by atoms with van der Waals surface area (Å²) >= 11 is 0. The van der Waals surface area contributed by atoms with E-state index in [0.29, 0.717) is 31.3 Å². The minimum Gasteiger partial charge on any atom is -0.469 e. The molecule has 2 aliphatic carbocycles. The molecule has 2 aliphatic rings. The number of amides is 2. The number of methoxy groups -OCH3 is 1. The SMILES string of the molecule is CC(C)(C)OC(=O)NCCCNC(=O)[C]1[CH][CH][CH][CH]1.COC(=O)[C]1[CH][CH][CH][CH]1.[Fe+2]. The van der Waals surface area contributed by atoms with Crippen molar-refractivity contribution in [1.29, 1.82) is 0 Å². The summed E-state index contributed by atoms with van der Waals surface area (Å²) in [5, 5.41) is 5.41. The van der Waals surface area contributed by atoms with Crippen molar-refractivity contribution in [2.45, 2.75) is 32.8 Å². The van der Waals surface area contributed by atoms with Gasteiger partial charge in [0.1, 0.15) is 5.60 Å². The number of nitrogens with one attached hydrogen (secondary N) is 2. The Hall–Kier alpha value is -1.27. The zero-order valence-electron chi connectivity index (χ0n) is 17.1. The molecule has 7 nitrogen and oxygen atoms in total. The molecule has 0 aromatic heterocycles. The molecule has 0 saturated heterocycles.